The summed E-state index contributed by atoms with van der Waals surface area (Å²) in [5.41, 5.74) is 1.78. The summed E-state index contributed by atoms with van der Waals surface area (Å²) in [4.78, 5) is 9.29. The van der Waals surface area contributed by atoms with E-state index in [2.05, 4.69) is 9.55 Å². The predicted octanol–water partition coefficient (Wildman–Crippen LogP) is 3.29. The Morgan fingerprint density at radius 1 is 1.23 bits per heavy atom. The number of aromatic nitrogens is 3. The molecule has 1 saturated heterocycles. The third kappa shape index (κ3) is 2.41. The van der Waals surface area contributed by atoms with Crippen LogP contribution in [0.25, 0.3) is 17.0 Å². The molecular formula is C17H19N3O2. The van der Waals surface area contributed by atoms with Crippen molar-refractivity contribution in [2.24, 2.45) is 5.92 Å². The van der Waals surface area contributed by atoms with Crippen molar-refractivity contribution in [3.63, 3.8) is 0 Å². The molecule has 0 saturated carbocycles. The van der Waals surface area contributed by atoms with Crippen molar-refractivity contribution in [3.05, 3.63) is 42.0 Å². The lowest BCUT2D eigenvalue weighted by molar-refractivity contribution is 0.0659. The highest BCUT2D eigenvalue weighted by Gasteiger charge is 2.21. The molecule has 0 N–H and O–H groups in total. The molecule has 0 unspecified atom stereocenters. The first kappa shape index (κ1) is 13.5. The van der Waals surface area contributed by atoms with E-state index in [-0.39, 0.29) is 0 Å². The summed E-state index contributed by atoms with van der Waals surface area (Å²) in [5, 5.41) is 0. The highest BCUT2D eigenvalue weighted by atomic mass is 16.5. The highest BCUT2D eigenvalue weighted by Crippen LogP contribution is 2.26. The Hall–Kier alpha value is -2.14. The van der Waals surface area contributed by atoms with Crippen molar-refractivity contribution < 1.29 is 9.15 Å². The summed E-state index contributed by atoms with van der Waals surface area (Å²) < 4.78 is 13.3. The fourth-order valence-electron chi connectivity index (χ4n) is 3.08. The van der Waals surface area contributed by atoms with Gasteiger partial charge in [0.05, 0.1) is 0 Å². The van der Waals surface area contributed by atoms with E-state index in [1.807, 2.05) is 31.2 Å². The fourth-order valence-corrected chi connectivity index (χ4v) is 3.08. The van der Waals surface area contributed by atoms with Gasteiger partial charge in [-0.3, -0.25) is 0 Å². The second-order valence-electron chi connectivity index (χ2n) is 5.85. The molecule has 0 aliphatic carbocycles. The minimum atomic E-state index is 0.611. The zero-order chi connectivity index (χ0) is 14.9. The van der Waals surface area contributed by atoms with Crippen LogP contribution in [-0.4, -0.2) is 27.7 Å². The fraction of sp³-hybridized carbons (Fsp3) is 0.412. The Morgan fingerprint density at radius 3 is 2.86 bits per heavy atom. The average Bonchev–Trinajstić information content (AvgIpc) is 3.11. The standard InChI is InChI=1S/C17H19N3O2/c1-12-4-5-16(22-12)20-15(11-13-6-9-21-10-7-13)19-14-3-2-8-18-17(14)20/h2-5,8,13H,6-7,9-11H2,1H3. The summed E-state index contributed by atoms with van der Waals surface area (Å²) in [6.07, 6.45) is 4.91. The van der Waals surface area contributed by atoms with Crippen LogP contribution in [0, 0.1) is 12.8 Å². The van der Waals surface area contributed by atoms with Crippen molar-refractivity contribution in [2.75, 3.05) is 13.2 Å². The molecule has 22 heavy (non-hydrogen) atoms. The number of rotatable bonds is 3. The molecule has 3 aromatic rings. The lowest BCUT2D eigenvalue weighted by atomic mass is 9.96. The van der Waals surface area contributed by atoms with Crippen LogP contribution in [0.4, 0.5) is 0 Å². The Morgan fingerprint density at radius 2 is 2.09 bits per heavy atom. The Balaban J connectivity index is 1.79. The van der Waals surface area contributed by atoms with E-state index in [1.54, 1.807) is 6.20 Å². The van der Waals surface area contributed by atoms with Gasteiger partial charge in [0.2, 0.25) is 5.88 Å². The van der Waals surface area contributed by atoms with Gasteiger partial charge in [-0.1, -0.05) is 0 Å². The number of pyridine rings is 1. The molecule has 1 aliphatic rings. The molecule has 0 atom stereocenters. The lowest BCUT2D eigenvalue weighted by Gasteiger charge is -2.21. The van der Waals surface area contributed by atoms with Gasteiger partial charge < -0.3 is 9.15 Å². The molecule has 5 nitrogen and oxygen atoms in total. The second kappa shape index (κ2) is 5.57. The van der Waals surface area contributed by atoms with E-state index in [0.717, 1.165) is 61.1 Å². The maximum absolute atomic E-state index is 5.82. The van der Waals surface area contributed by atoms with E-state index in [9.17, 15) is 0 Å². The van der Waals surface area contributed by atoms with Crippen molar-refractivity contribution in [2.45, 2.75) is 26.2 Å². The molecule has 0 radical (unpaired) electrons. The summed E-state index contributed by atoms with van der Waals surface area (Å²) in [6.45, 7) is 3.65. The molecule has 1 fully saturated rings. The minimum Gasteiger partial charge on any atom is -0.445 e. The van der Waals surface area contributed by atoms with Crippen LogP contribution >= 0.6 is 0 Å². The summed E-state index contributed by atoms with van der Waals surface area (Å²) in [6, 6.07) is 7.88. The van der Waals surface area contributed by atoms with Gasteiger partial charge >= 0.3 is 0 Å². The Labute approximate surface area is 128 Å². The largest absolute Gasteiger partial charge is 0.445 e. The number of hydrogen-bond acceptors (Lipinski definition) is 4. The number of imidazole rings is 1. The first-order chi connectivity index (χ1) is 10.8. The van der Waals surface area contributed by atoms with E-state index < -0.39 is 0 Å². The molecule has 0 bridgehead atoms. The zero-order valence-corrected chi connectivity index (χ0v) is 12.7. The van der Waals surface area contributed by atoms with Crippen LogP contribution in [0.2, 0.25) is 0 Å². The topological polar surface area (TPSA) is 53.1 Å². The van der Waals surface area contributed by atoms with Crippen LogP contribution in [0.3, 0.4) is 0 Å². The molecular weight excluding hydrogens is 278 g/mol. The predicted molar refractivity (Wildman–Crippen MR) is 83.1 cm³/mol. The van der Waals surface area contributed by atoms with Gasteiger partial charge in [0.25, 0.3) is 0 Å². The van der Waals surface area contributed by atoms with Crippen LogP contribution < -0.4 is 0 Å². The van der Waals surface area contributed by atoms with Gasteiger partial charge in [0.1, 0.15) is 17.1 Å². The number of furan rings is 1. The SMILES string of the molecule is Cc1ccc(-n2c(CC3CCOCC3)nc3cccnc32)o1. The maximum atomic E-state index is 5.82. The van der Waals surface area contributed by atoms with E-state index >= 15 is 0 Å². The van der Waals surface area contributed by atoms with Gasteiger partial charge in [-0.2, -0.15) is 0 Å². The van der Waals surface area contributed by atoms with Gasteiger partial charge in [-0.05, 0) is 43.9 Å². The van der Waals surface area contributed by atoms with E-state index in [4.69, 9.17) is 14.1 Å². The van der Waals surface area contributed by atoms with E-state index in [1.165, 1.54) is 0 Å². The number of ether oxygens (including phenoxy) is 1. The van der Waals surface area contributed by atoms with Gasteiger partial charge in [0.15, 0.2) is 5.65 Å². The van der Waals surface area contributed by atoms with Crippen LogP contribution in [0.1, 0.15) is 24.4 Å². The molecule has 0 spiro atoms. The third-order valence-electron chi connectivity index (χ3n) is 4.24. The van der Waals surface area contributed by atoms with Crippen LogP contribution in [-0.2, 0) is 11.2 Å². The first-order valence-electron chi connectivity index (χ1n) is 7.78. The van der Waals surface area contributed by atoms with Gasteiger partial charge in [-0.15, -0.1) is 0 Å². The lowest BCUT2D eigenvalue weighted by Crippen LogP contribution is -2.19. The zero-order valence-electron chi connectivity index (χ0n) is 12.7. The summed E-state index contributed by atoms with van der Waals surface area (Å²) in [5.74, 6) is 3.32. The number of nitrogens with zero attached hydrogens (tertiary/aromatic N) is 3. The highest BCUT2D eigenvalue weighted by molar-refractivity contribution is 5.73. The Bertz CT molecular complexity index is 784. The third-order valence-corrected chi connectivity index (χ3v) is 4.24. The number of fused-ring (bicyclic) bond motifs is 1. The normalized spacial score (nSPS) is 16.4. The molecule has 0 amide bonds. The quantitative estimate of drug-likeness (QED) is 0.744. The van der Waals surface area contributed by atoms with Crippen molar-refractivity contribution >= 4 is 11.2 Å². The van der Waals surface area contributed by atoms with Crippen molar-refractivity contribution in [1.82, 2.24) is 14.5 Å². The second-order valence-corrected chi connectivity index (χ2v) is 5.85. The molecule has 114 valence electrons. The Kier molecular flexibility index (Phi) is 3.42. The summed E-state index contributed by atoms with van der Waals surface area (Å²) in [7, 11) is 0. The average molecular weight is 297 g/mol. The minimum absolute atomic E-state index is 0.611. The monoisotopic (exact) mass is 297 g/mol. The molecule has 5 heteroatoms. The van der Waals surface area contributed by atoms with Crippen molar-refractivity contribution in [3.8, 4) is 5.88 Å². The molecule has 3 aromatic heterocycles. The number of aryl methyl sites for hydroxylation is 1. The van der Waals surface area contributed by atoms with Gasteiger partial charge in [0, 0.05) is 31.9 Å². The van der Waals surface area contributed by atoms with Crippen LogP contribution in [0.15, 0.2) is 34.9 Å². The molecule has 4 rings (SSSR count). The first-order valence-corrected chi connectivity index (χ1v) is 7.78. The maximum Gasteiger partial charge on any atom is 0.206 e. The van der Waals surface area contributed by atoms with Gasteiger partial charge in [-0.25, -0.2) is 14.5 Å². The molecule has 0 aromatic carbocycles. The number of hydrogen-bond donors (Lipinski definition) is 0. The van der Waals surface area contributed by atoms with E-state index in [0.29, 0.717) is 5.92 Å². The van der Waals surface area contributed by atoms with Crippen molar-refractivity contribution in [1.29, 1.82) is 0 Å². The summed E-state index contributed by atoms with van der Waals surface area (Å²) >= 11 is 0. The van der Waals surface area contributed by atoms with Crippen LogP contribution in [0.5, 0.6) is 0 Å². The molecule has 4 heterocycles. The molecule has 1 aliphatic heterocycles. The smallest absolute Gasteiger partial charge is 0.206 e.